The van der Waals surface area contributed by atoms with E-state index < -0.39 is 11.9 Å². The third kappa shape index (κ3) is 3.41. The molecule has 0 radical (unpaired) electrons. The molecule has 6 heteroatoms. The molecule has 0 amide bonds. The van der Waals surface area contributed by atoms with Crippen molar-refractivity contribution in [3.05, 3.63) is 59.2 Å². The van der Waals surface area contributed by atoms with Crippen molar-refractivity contribution in [1.82, 2.24) is 4.90 Å². The van der Waals surface area contributed by atoms with Gasteiger partial charge in [0.1, 0.15) is 0 Å². The normalized spacial score (nSPS) is 31.7. The van der Waals surface area contributed by atoms with E-state index in [1.807, 2.05) is 6.07 Å². The van der Waals surface area contributed by atoms with Crippen LogP contribution in [0.4, 0.5) is 0 Å². The molecule has 4 rings (SSSR count). The van der Waals surface area contributed by atoms with Gasteiger partial charge in [0.15, 0.2) is 0 Å². The summed E-state index contributed by atoms with van der Waals surface area (Å²) >= 11 is 6.22. The molecular weight excluding hydrogens is 354 g/mol. The van der Waals surface area contributed by atoms with E-state index in [1.165, 1.54) is 25.1 Å². The number of carboxylic acids is 2. The molecule has 0 aromatic heterocycles. The van der Waals surface area contributed by atoms with Crippen LogP contribution < -0.4 is 0 Å². The Labute approximate surface area is 157 Å². The Morgan fingerprint density at radius 2 is 1.92 bits per heavy atom. The number of likely N-dealkylation sites (N-methyl/N-ethyl adjacent to an activating group) is 1. The summed E-state index contributed by atoms with van der Waals surface area (Å²) in [6.07, 6.45) is 7.38. The molecule has 1 aliphatic heterocycles. The zero-order valence-electron chi connectivity index (χ0n) is 14.5. The topological polar surface area (TPSA) is 77.8 Å². The van der Waals surface area contributed by atoms with Gasteiger partial charge in [-0.05, 0) is 48.9 Å². The van der Waals surface area contributed by atoms with Crippen molar-refractivity contribution in [3.63, 3.8) is 0 Å². The van der Waals surface area contributed by atoms with Crippen LogP contribution in [-0.2, 0) is 15.0 Å². The maximum Gasteiger partial charge on any atom is 0.328 e. The van der Waals surface area contributed by atoms with Gasteiger partial charge in [0, 0.05) is 35.7 Å². The lowest BCUT2D eigenvalue weighted by atomic mass is 9.66. The van der Waals surface area contributed by atoms with E-state index >= 15 is 0 Å². The summed E-state index contributed by atoms with van der Waals surface area (Å²) in [5.41, 5.74) is 1.79. The number of hydrogen-bond acceptors (Lipinski definition) is 3. The number of carbonyl (C=O) groups is 2. The Hall–Kier alpha value is -2.11. The number of fused-ring (bicyclic) bond motifs is 5. The fourth-order valence-corrected chi connectivity index (χ4v) is 5.07. The lowest BCUT2D eigenvalue weighted by molar-refractivity contribution is -0.134. The molecule has 1 heterocycles. The summed E-state index contributed by atoms with van der Waals surface area (Å²) in [5, 5.41) is 16.5. The lowest BCUT2D eigenvalue weighted by Crippen LogP contribution is -2.39. The molecule has 1 saturated heterocycles. The van der Waals surface area contributed by atoms with Crippen molar-refractivity contribution in [2.45, 2.75) is 11.8 Å². The maximum atomic E-state index is 9.55. The van der Waals surface area contributed by atoms with Crippen LogP contribution in [0, 0.1) is 17.8 Å². The average molecular weight is 376 g/mol. The highest BCUT2D eigenvalue weighted by Gasteiger charge is 2.60. The number of benzene rings is 1. The van der Waals surface area contributed by atoms with Crippen LogP contribution in [0.2, 0.25) is 5.02 Å². The molecule has 2 bridgehead atoms. The molecule has 2 fully saturated rings. The molecule has 3 aliphatic rings. The molecule has 2 N–H and O–H groups in total. The molecule has 2 aliphatic carbocycles. The van der Waals surface area contributed by atoms with Crippen molar-refractivity contribution in [1.29, 1.82) is 0 Å². The van der Waals surface area contributed by atoms with Crippen LogP contribution in [0.1, 0.15) is 12.0 Å². The number of carboxylic acid groups (broad SMARTS) is 2. The summed E-state index contributed by atoms with van der Waals surface area (Å²) in [5.74, 6) is -0.217. The Bertz CT molecular complexity index is 759. The number of allylic oxidation sites excluding steroid dienone is 2. The maximum absolute atomic E-state index is 9.55. The monoisotopic (exact) mass is 375 g/mol. The van der Waals surface area contributed by atoms with Crippen molar-refractivity contribution in [3.8, 4) is 0 Å². The third-order valence-electron chi connectivity index (χ3n) is 5.73. The second kappa shape index (κ2) is 7.25. The molecular formula is C20H22ClNO4. The van der Waals surface area contributed by atoms with Gasteiger partial charge in [0.2, 0.25) is 0 Å². The van der Waals surface area contributed by atoms with Crippen LogP contribution in [0.15, 0.2) is 48.6 Å². The van der Waals surface area contributed by atoms with Gasteiger partial charge in [0.25, 0.3) is 0 Å². The zero-order chi connectivity index (χ0) is 18.9. The first-order chi connectivity index (χ1) is 12.3. The van der Waals surface area contributed by atoms with Gasteiger partial charge in [-0.15, -0.1) is 0 Å². The van der Waals surface area contributed by atoms with Gasteiger partial charge in [-0.3, -0.25) is 0 Å². The minimum absolute atomic E-state index is 0.332. The second-order valence-electron chi connectivity index (χ2n) is 7.25. The Morgan fingerprint density at radius 1 is 1.23 bits per heavy atom. The van der Waals surface area contributed by atoms with Crippen LogP contribution >= 0.6 is 11.6 Å². The summed E-state index contributed by atoms with van der Waals surface area (Å²) in [7, 11) is 2.25. The third-order valence-corrected chi connectivity index (χ3v) is 5.96. The van der Waals surface area contributed by atoms with Crippen LogP contribution in [-0.4, -0.2) is 47.2 Å². The first-order valence-electron chi connectivity index (χ1n) is 8.60. The van der Waals surface area contributed by atoms with E-state index in [0.717, 1.165) is 22.8 Å². The molecule has 26 heavy (non-hydrogen) atoms. The number of likely N-dealkylation sites (tertiary alicyclic amines) is 1. The van der Waals surface area contributed by atoms with Crippen LogP contribution in [0.25, 0.3) is 0 Å². The summed E-state index contributed by atoms with van der Waals surface area (Å²) in [6.45, 7) is 2.42. The van der Waals surface area contributed by atoms with E-state index in [9.17, 15) is 9.59 Å². The molecule has 1 aromatic carbocycles. The first kappa shape index (κ1) is 18.7. The van der Waals surface area contributed by atoms with Crippen molar-refractivity contribution < 1.29 is 19.8 Å². The first-order valence-corrected chi connectivity index (χ1v) is 8.97. The molecule has 4 unspecified atom stereocenters. The highest BCUT2D eigenvalue weighted by Crippen LogP contribution is 2.60. The predicted octanol–water partition coefficient (Wildman–Crippen LogP) is 3.06. The standard InChI is InChI=1S/C16H18ClN.C4H4O4/c1-18-9-15-11-5-6-13(7-11)16(15,10-18)12-3-2-4-14(17)8-12;5-3(6)1-2-4(7)8/h2-6,8,11,13,15H,7,9-10H2,1H3;1-2H,(H,5,6)(H,7,8)/b;2-1+. The lowest BCUT2D eigenvalue weighted by Gasteiger charge is -2.37. The van der Waals surface area contributed by atoms with Crippen molar-refractivity contribution >= 4 is 23.5 Å². The SMILES string of the molecule is CN1CC2C3C=CC(C3)C2(c2cccc(Cl)c2)C1.O=C(O)/C=C/C(=O)O. The van der Waals surface area contributed by atoms with E-state index in [1.54, 1.807) is 0 Å². The number of nitrogens with zero attached hydrogens (tertiary/aromatic N) is 1. The van der Waals surface area contributed by atoms with Gasteiger partial charge in [-0.1, -0.05) is 35.9 Å². The van der Waals surface area contributed by atoms with E-state index in [0.29, 0.717) is 17.6 Å². The van der Waals surface area contributed by atoms with Crippen molar-refractivity contribution in [2.24, 2.45) is 17.8 Å². The second-order valence-corrected chi connectivity index (χ2v) is 7.69. The van der Waals surface area contributed by atoms with Gasteiger partial charge < -0.3 is 15.1 Å². The fraction of sp³-hybridized carbons (Fsp3) is 0.400. The Kier molecular flexibility index (Phi) is 5.21. The minimum Gasteiger partial charge on any atom is -0.478 e. The molecule has 138 valence electrons. The van der Waals surface area contributed by atoms with E-state index in [4.69, 9.17) is 21.8 Å². The summed E-state index contributed by atoms with van der Waals surface area (Å²) in [6, 6.07) is 8.57. The largest absolute Gasteiger partial charge is 0.478 e. The summed E-state index contributed by atoms with van der Waals surface area (Å²) in [4.78, 5) is 21.6. The zero-order valence-corrected chi connectivity index (χ0v) is 15.3. The number of hydrogen-bond donors (Lipinski definition) is 2. The fourth-order valence-electron chi connectivity index (χ4n) is 4.88. The minimum atomic E-state index is -1.26. The molecule has 5 nitrogen and oxygen atoms in total. The number of rotatable bonds is 3. The predicted molar refractivity (Wildman–Crippen MR) is 99.3 cm³/mol. The van der Waals surface area contributed by atoms with Crippen molar-refractivity contribution in [2.75, 3.05) is 20.1 Å². The van der Waals surface area contributed by atoms with Gasteiger partial charge in [-0.25, -0.2) is 9.59 Å². The quantitative estimate of drug-likeness (QED) is 0.627. The van der Waals surface area contributed by atoms with Crippen LogP contribution in [0.3, 0.4) is 0 Å². The summed E-state index contributed by atoms with van der Waals surface area (Å²) < 4.78 is 0. The molecule has 0 spiro atoms. The Balaban J connectivity index is 0.000000211. The van der Waals surface area contributed by atoms with Gasteiger partial charge in [-0.2, -0.15) is 0 Å². The number of halogens is 1. The van der Waals surface area contributed by atoms with Gasteiger partial charge in [0.05, 0.1) is 0 Å². The number of aliphatic carboxylic acids is 2. The van der Waals surface area contributed by atoms with Crippen LogP contribution in [0.5, 0.6) is 0 Å². The van der Waals surface area contributed by atoms with E-state index in [-0.39, 0.29) is 0 Å². The molecule has 1 saturated carbocycles. The molecule has 1 aromatic rings. The van der Waals surface area contributed by atoms with E-state index in [2.05, 4.69) is 42.3 Å². The smallest absolute Gasteiger partial charge is 0.328 e. The average Bonchev–Trinajstić information content (AvgIpc) is 3.24. The molecule has 4 atom stereocenters. The highest BCUT2D eigenvalue weighted by molar-refractivity contribution is 6.30. The highest BCUT2D eigenvalue weighted by atomic mass is 35.5. The van der Waals surface area contributed by atoms with Gasteiger partial charge >= 0.3 is 11.9 Å². The Morgan fingerprint density at radius 3 is 2.54 bits per heavy atom.